The molecule has 1 atom stereocenters. The molecule has 1 fully saturated rings. The van der Waals surface area contributed by atoms with E-state index in [4.69, 9.17) is 12.2 Å². The van der Waals surface area contributed by atoms with Crippen LogP contribution >= 0.6 is 0 Å². The van der Waals surface area contributed by atoms with E-state index in [1.165, 1.54) is 25.8 Å². The quantitative estimate of drug-likeness (QED) is 0.622. The predicted octanol–water partition coefficient (Wildman–Crippen LogP) is 1.46. The Hall–Kier alpha value is -0.520. The molecule has 2 N–H and O–H groups in total. The zero-order valence-corrected chi connectivity index (χ0v) is 9.21. The lowest BCUT2D eigenvalue weighted by atomic mass is 10.1. The highest BCUT2D eigenvalue weighted by Gasteiger charge is 2.25. The van der Waals surface area contributed by atoms with Gasteiger partial charge in [0.15, 0.2) is 0 Å². The van der Waals surface area contributed by atoms with E-state index in [2.05, 4.69) is 17.7 Å². The average molecular weight is 194 g/mol. The highest BCUT2D eigenvalue weighted by molar-refractivity contribution is 4.91. The van der Waals surface area contributed by atoms with Crippen LogP contribution in [-0.4, -0.2) is 30.6 Å². The summed E-state index contributed by atoms with van der Waals surface area (Å²) >= 11 is 0. The van der Waals surface area contributed by atoms with Crippen molar-refractivity contribution in [1.29, 1.82) is 0 Å². The Balaban J connectivity index is 2.27. The minimum atomic E-state index is 0.593. The lowest BCUT2D eigenvalue weighted by molar-refractivity contribution is 0.213. The van der Waals surface area contributed by atoms with Crippen molar-refractivity contribution in [2.24, 2.45) is 11.7 Å². The third kappa shape index (κ3) is 4.13. The predicted molar refractivity (Wildman–Crippen MR) is 60.9 cm³/mol. The molecule has 1 aliphatic rings. The minimum Gasteiger partial charge on any atom is -0.330 e. The molecule has 0 bridgehead atoms. The summed E-state index contributed by atoms with van der Waals surface area (Å²) in [6, 6.07) is 0.593. The molecule has 1 unspecified atom stereocenters. The number of terminal acetylenes is 1. The van der Waals surface area contributed by atoms with Gasteiger partial charge < -0.3 is 5.73 Å². The molecule has 0 spiro atoms. The molecule has 0 radical (unpaired) electrons. The van der Waals surface area contributed by atoms with Crippen molar-refractivity contribution in [3.63, 3.8) is 0 Å². The average Bonchev–Trinajstić information content (AvgIpc) is 2.97. The van der Waals surface area contributed by atoms with Gasteiger partial charge >= 0.3 is 0 Å². The molecule has 1 rings (SSSR count). The van der Waals surface area contributed by atoms with Gasteiger partial charge in [0.2, 0.25) is 0 Å². The molecule has 0 amide bonds. The second-order valence-corrected chi connectivity index (χ2v) is 4.36. The molecule has 0 saturated heterocycles. The summed E-state index contributed by atoms with van der Waals surface area (Å²) in [6.07, 6.45) is 10.4. The summed E-state index contributed by atoms with van der Waals surface area (Å²) in [5.74, 6) is 3.67. The maximum atomic E-state index is 5.51. The van der Waals surface area contributed by atoms with Gasteiger partial charge in [-0.2, -0.15) is 0 Å². The first-order chi connectivity index (χ1) is 6.77. The molecule has 1 saturated carbocycles. The van der Waals surface area contributed by atoms with Gasteiger partial charge in [-0.3, -0.25) is 4.90 Å². The molecule has 0 aromatic heterocycles. The summed E-state index contributed by atoms with van der Waals surface area (Å²) in [5.41, 5.74) is 5.51. The molecular formula is C12H22N2. The number of hydrogen-bond donors (Lipinski definition) is 1. The van der Waals surface area contributed by atoms with Gasteiger partial charge in [-0.05, 0) is 45.1 Å². The van der Waals surface area contributed by atoms with Crippen molar-refractivity contribution in [3.8, 4) is 12.3 Å². The van der Waals surface area contributed by atoms with E-state index in [0.717, 1.165) is 25.4 Å². The molecule has 2 heteroatoms. The largest absolute Gasteiger partial charge is 0.330 e. The van der Waals surface area contributed by atoms with E-state index in [0.29, 0.717) is 6.04 Å². The molecule has 14 heavy (non-hydrogen) atoms. The fourth-order valence-electron chi connectivity index (χ4n) is 1.75. The van der Waals surface area contributed by atoms with Crippen LogP contribution in [0.3, 0.4) is 0 Å². The third-order valence-electron chi connectivity index (χ3n) is 2.93. The molecule has 0 aromatic rings. The van der Waals surface area contributed by atoms with Crippen molar-refractivity contribution in [2.45, 2.75) is 38.6 Å². The van der Waals surface area contributed by atoms with Crippen LogP contribution in [0.2, 0.25) is 0 Å². The smallest absolute Gasteiger partial charge is 0.0601 e. The second kappa shape index (κ2) is 6.06. The van der Waals surface area contributed by atoms with Gasteiger partial charge in [-0.25, -0.2) is 0 Å². The molecular weight excluding hydrogens is 172 g/mol. The summed E-state index contributed by atoms with van der Waals surface area (Å²) in [4.78, 5) is 2.42. The van der Waals surface area contributed by atoms with Gasteiger partial charge in [-0.15, -0.1) is 6.42 Å². The Morgan fingerprint density at radius 2 is 2.29 bits per heavy atom. The maximum absolute atomic E-state index is 5.51. The van der Waals surface area contributed by atoms with Crippen molar-refractivity contribution < 1.29 is 0 Å². The van der Waals surface area contributed by atoms with Crippen molar-refractivity contribution in [3.05, 3.63) is 0 Å². The van der Waals surface area contributed by atoms with Crippen LogP contribution in [0.25, 0.3) is 0 Å². The maximum Gasteiger partial charge on any atom is 0.0601 e. The molecule has 0 aromatic carbocycles. The van der Waals surface area contributed by atoms with E-state index in [1.54, 1.807) is 0 Å². The summed E-state index contributed by atoms with van der Waals surface area (Å²) in [6.45, 7) is 5.03. The molecule has 80 valence electrons. The highest BCUT2D eigenvalue weighted by Crippen LogP contribution is 2.30. The van der Waals surface area contributed by atoms with E-state index in [1.807, 2.05) is 0 Å². The van der Waals surface area contributed by atoms with Crippen LogP contribution in [0.15, 0.2) is 0 Å². The SMILES string of the molecule is C#CCN(CC1CC1)C(C)CCCN. The van der Waals surface area contributed by atoms with Crippen molar-refractivity contribution in [2.75, 3.05) is 19.6 Å². The normalized spacial score (nSPS) is 18.1. The molecule has 0 aliphatic heterocycles. The zero-order chi connectivity index (χ0) is 10.4. The first-order valence-corrected chi connectivity index (χ1v) is 5.65. The van der Waals surface area contributed by atoms with Crippen LogP contribution in [0, 0.1) is 18.3 Å². The van der Waals surface area contributed by atoms with E-state index in [-0.39, 0.29) is 0 Å². The second-order valence-electron chi connectivity index (χ2n) is 4.36. The van der Waals surface area contributed by atoms with Crippen LogP contribution in [0.4, 0.5) is 0 Å². The standard InChI is InChI=1S/C12H22N2/c1-3-9-14(10-12-6-7-12)11(2)5-4-8-13/h1,11-12H,4-10,13H2,2H3. The number of nitrogens with two attached hydrogens (primary N) is 1. The lowest BCUT2D eigenvalue weighted by Crippen LogP contribution is -2.35. The number of rotatable bonds is 7. The zero-order valence-electron chi connectivity index (χ0n) is 9.21. The molecule has 0 heterocycles. The topological polar surface area (TPSA) is 29.3 Å². The van der Waals surface area contributed by atoms with E-state index in [9.17, 15) is 0 Å². The summed E-state index contributed by atoms with van der Waals surface area (Å²) < 4.78 is 0. The Morgan fingerprint density at radius 1 is 1.57 bits per heavy atom. The van der Waals surface area contributed by atoms with Crippen LogP contribution in [0.5, 0.6) is 0 Å². The molecule has 2 nitrogen and oxygen atoms in total. The van der Waals surface area contributed by atoms with Crippen LogP contribution in [0.1, 0.15) is 32.6 Å². The minimum absolute atomic E-state index is 0.593. The summed E-state index contributed by atoms with van der Waals surface area (Å²) in [5, 5.41) is 0. The monoisotopic (exact) mass is 194 g/mol. The van der Waals surface area contributed by atoms with Gasteiger partial charge in [0.05, 0.1) is 6.54 Å². The van der Waals surface area contributed by atoms with Gasteiger partial charge in [-0.1, -0.05) is 5.92 Å². The Labute approximate surface area is 87.8 Å². The number of nitrogens with zero attached hydrogens (tertiary/aromatic N) is 1. The lowest BCUT2D eigenvalue weighted by Gasteiger charge is -2.27. The van der Waals surface area contributed by atoms with Crippen molar-refractivity contribution in [1.82, 2.24) is 4.90 Å². The fraction of sp³-hybridized carbons (Fsp3) is 0.833. The van der Waals surface area contributed by atoms with E-state index >= 15 is 0 Å². The van der Waals surface area contributed by atoms with Crippen LogP contribution < -0.4 is 5.73 Å². The third-order valence-corrected chi connectivity index (χ3v) is 2.93. The van der Waals surface area contributed by atoms with Gasteiger partial charge in [0.1, 0.15) is 0 Å². The summed E-state index contributed by atoms with van der Waals surface area (Å²) in [7, 11) is 0. The van der Waals surface area contributed by atoms with Gasteiger partial charge in [0, 0.05) is 12.6 Å². The Kier molecular flexibility index (Phi) is 5.00. The van der Waals surface area contributed by atoms with Gasteiger partial charge in [0.25, 0.3) is 0 Å². The Bertz CT molecular complexity index is 191. The number of hydrogen-bond acceptors (Lipinski definition) is 2. The highest BCUT2D eigenvalue weighted by atomic mass is 15.1. The molecule has 1 aliphatic carbocycles. The first-order valence-electron chi connectivity index (χ1n) is 5.65. The van der Waals surface area contributed by atoms with Crippen LogP contribution in [-0.2, 0) is 0 Å². The first kappa shape index (κ1) is 11.6. The Morgan fingerprint density at radius 3 is 2.79 bits per heavy atom. The fourth-order valence-corrected chi connectivity index (χ4v) is 1.75. The van der Waals surface area contributed by atoms with E-state index < -0.39 is 0 Å². The van der Waals surface area contributed by atoms with Crippen molar-refractivity contribution >= 4 is 0 Å².